The maximum Gasteiger partial charge on any atom is 0.254 e. The molecule has 0 saturated heterocycles. The summed E-state index contributed by atoms with van der Waals surface area (Å²) in [5.41, 5.74) is 2.87. The van der Waals surface area contributed by atoms with Crippen molar-refractivity contribution in [1.29, 1.82) is 0 Å². The molecular formula is C20H19N3O. The quantitative estimate of drug-likeness (QED) is 0.720. The van der Waals surface area contributed by atoms with Gasteiger partial charge < -0.3 is 9.47 Å². The normalized spacial score (nSPS) is 13.7. The van der Waals surface area contributed by atoms with Gasteiger partial charge in [-0.2, -0.15) is 0 Å². The van der Waals surface area contributed by atoms with Gasteiger partial charge >= 0.3 is 0 Å². The molecular weight excluding hydrogens is 298 g/mol. The molecule has 4 heteroatoms. The third kappa shape index (κ3) is 3.08. The van der Waals surface area contributed by atoms with Gasteiger partial charge in [0.05, 0.1) is 0 Å². The summed E-state index contributed by atoms with van der Waals surface area (Å²) < 4.78 is 2.03. The molecule has 0 radical (unpaired) electrons. The van der Waals surface area contributed by atoms with Gasteiger partial charge in [0.25, 0.3) is 5.91 Å². The van der Waals surface area contributed by atoms with Crippen LogP contribution in [0.3, 0.4) is 0 Å². The van der Waals surface area contributed by atoms with E-state index >= 15 is 0 Å². The molecule has 0 unspecified atom stereocenters. The van der Waals surface area contributed by atoms with E-state index in [1.165, 1.54) is 0 Å². The zero-order valence-electron chi connectivity index (χ0n) is 13.4. The van der Waals surface area contributed by atoms with Crippen LogP contribution in [0.4, 0.5) is 0 Å². The molecule has 24 heavy (non-hydrogen) atoms. The Morgan fingerprint density at radius 2 is 1.83 bits per heavy atom. The van der Waals surface area contributed by atoms with Crippen LogP contribution < -0.4 is 0 Å². The van der Waals surface area contributed by atoms with Gasteiger partial charge in [0.15, 0.2) is 0 Å². The van der Waals surface area contributed by atoms with Crippen molar-refractivity contribution in [1.82, 2.24) is 14.5 Å². The first-order valence-electron chi connectivity index (χ1n) is 8.24. The van der Waals surface area contributed by atoms with Crippen LogP contribution in [0, 0.1) is 0 Å². The second-order valence-electron chi connectivity index (χ2n) is 6.16. The zero-order chi connectivity index (χ0) is 16.4. The Bertz CT molecular complexity index is 806. The highest BCUT2D eigenvalue weighted by Crippen LogP contribution is 2.30. The molecule has 0 atom stereocenters. The first kappa shape index (κ1) is 14.7. The number of carbonyl (C=O) groups is 1. The summed E-state index contributed by atoms with van der Waals surface area (Å²) in [6, 6.07) is 16.1. The minimum Gasteiger partial charge on any atom is -0.331 e. The van der Waals surface area contributed by atoms with Crippen LogP contribution in [0.5, 0.6) is 0 Å². The lowest BCUT2D eigenvalue weighted by molar-refractivity contribution is 0.0730. The van der Waals surface area contributed by atoms with Crippen LogP contribution in [0.1, 0.15) is 28.8 Å². The minimum absolute atomic E-state index is 0.0976. The molecule has 3 aromatic rings. The van der Waals surface area contributed by atoms with Crippen molar-refractivity contribution in [3.05, 3.63) is 84.4 Å². The summed E-state index contributed by atoms with van der Waals surface area (Å²) in [7, 11) is 0. The summed E-state index contributed by atoms with van der Waals surface area (Å²) in [5, 5.41) is 0. The van der Waals surface area contributed by atoms with E-state index < -0.39 is 0 Å². The lowest BCUT2D eigenvalue weighted by Gasteiger charge is -2.22. The molecule has 1 aliphatic rings. The summed E-state index contributed by atoms with van der Waals surface area (Å²) in [6.45, 7) is 0.622. The molecule has 0 spiro atoms. The van der Waals surface area contributed by atoms with Crippen molar-refractivity contribution in [3.8, 4) is 5.69 Å². The maximum absolute atomic E-state index is 12.9. The molecule has 4 rings (SSSR count). The molecule has 1 saturated carbocycles. The van der Waals surface area contributed by atoms with Gasteiger partial charge in [-0.05, 0) is 60.9 Å². The second kappa shape index (κ2) is 6.32. The molecule has 0 bridgehead atoms. The van der Waals surface area contributed by atoms with E-state index in [2.05, 4.69) is 4.98 Å². The van der Waals surface area contributed by atoms with E-state index in [0.717, 1.165) is 29.7 Å². The van der Waals surface area contributed by atoms with Crippen LogP contribution >= 0.6 is 0 Å². The average Bonchev–Trinajstić information content (AvgIpc) is 3.33. The van der Waals surface area contributed by atoms with Crippen LogP contribution in [0.25, 0.3) is 5.69 Å². The fraction of sp³-hybridized carbons (Fsp3) is 0.200. The molecule has 1 amide bonds. The predicted octanol–water partition coefficient (Wildman–Crippen LogP) is 3.68. The summed E-state index contributed by atoms with van der Waals surface area (Å²) in [5.74, 6) is 0.0976. The number of carbonyl (C=O) groups excluding carboxylic acids is 1. The fourth-order valence-electron chi connectivity index (χ4n) is 2.89. The van der Waals surface area contributed by atoms with Gasteiger partial charge in [0.1, 0.15) is 0 Å². The van der Waals surface area contributed by atoms with Crippen LogP contribution in [0.2, 0.25) is 0 Å². The lowest BCUT2D eigenvalue weighted by atomic mass is 10.1. The smallest absolute Gasteiger partial charge is 0.254 e. The average molecular weight is 317 g/mol. The third-order valence-electron chi connectivity index (χ3n) is 4.34. The molecule has 120 valence electrons. The Kier molecular flexibility index (Phi) is 3.87. The Balaban J connectivity index is 1.54. The molecule has 1 fully saturated rings. The number of hydrogen-bond donors (Lipinski definition) is 0. The van der Waals surface area contributed by atoms with Crippen LogP contribution in [-0.2, 0) is 6.54 Å². The van der Waals surface area contributed by atoms with E-state index in [4.69, 9.17) is 0 Å². The molecule has 0 aliphatic heterocycles. The topological polar surface area (TPSA) is 38.1 Å². The predicted molar refractivity (Wildman–Crippen MR) is 92.9 cm³/mol. The molecule has 1 aliphatic carbocycles. The molecule has 0 N–H and O–H groups in total. The molecule has 2 heterocycles. The number of hydrogen-bond acceptors (Lipinski definition) is 2. The van der Waals surface area contributed by atoms with E-state index in [9.17, 15) is 4.79 Å². The number of rotatable bonds is 5. The highest BCUT2D eigenvalue weighted by molar-refractivity contribution is 5.94. The fourth-order valence-corrected chi connectivity index (χ4v) is 2.89. The molecule has 4 nitrogen and oxygen atoms in total. The molecule has 1 aromatic carbocycles. The van der Waals surface area contributed by atoms with Gasteiger partial charge in [-0.15, -0.1) is 0 Å². The van der Waals surface area contributed by atoms with Gasteiger partial charge in [0.2, 0.25) is 0 Å². The number of amides is 1. The standard InChI is InChI=1S/C20H19N3O/c24-20(17-5-7-18(8-6-17)22-12-1-2-13-22)23(19-9-10-19)15-16-4-3-11-21-14-16/h1-8,11-14,19H,9-10,15H2. The van der Waals surface area contributed by atoms with E-state index in [1.807, 2.05) is 76.6 Å². The largest absolute Gasteiger partial charge is 0.331 e. The van der Waals surface area contributed by atoms with Crippen molar-refractivity contribution in [2.75, 3.05) is 0 Å². The van der Waals surface area contributed by atoms with Crippen molar-refractivity contribution in [2.24, 2.45) is 0 Å². The van der Waals surface area contributed by atoms with Crippen molar-refractivity contribution >= 4 is 5.91 Å². The van der Waals surface area contributed by atoms with E-state index in [1.54, 1.807) is 6.20 Å². The van der Waals surface area contributed by atoms with E-state index in [0.29, 0.717) is 12.6 Å². The Labute approximate surface area is 141 Å². The minimum atomic E-state index is 0.0976. The summed E-state index contributed by atoms with van der Waals surface area (Å²) >= 11 is 0. The van der Waals surface area contributed by atoms with Gasteiger partial charge in [0, 0.05) is 48.6 Å². The number of nitrogens with zero attached hydrogens (tertiary/aromatic N) is 3. The van der Waals surface area contributed by atoms with Crippen molar-refractivity contribution in [2.45, 2.75) is 25.4 Å². The zero-order valence-corrected chi connectivity index (χ0v) is 13.4. The maximum atomic E-state index is 12.9. The van der Waals surface area contributed by atoms with E-state index in [-0.39, 0.29) is 5.91 Å². The first-order chi connectivity index (χ1) is 11.8. The van der Waals surface area contributed by atoms with Gasteiger partial charge in [-0.25, -0.2) is 0 Å². The Hall–Kier alpha value is -2.88. The lowest BCUT2D eigenvalue weighted by Crippen LogP contribution is -2.32. The summed E-state index contributed by atoms with van der Waals surface area (Å²) in [4.78, 5) is 19.1. The third-order valence-corrected chi connectivity index (χ3v) is 4.34. The number of benzene rings is 1. The van der Waals surface area contributed by atoms with Crippen molar-refractivity contribution in [3.63, 3.8) is 0 Å². The van der Waals surface area contributed by atoms with Crippen LogP contribution in [-0.4, -0.2) is 26.4 Å². The highest BCUT2D eigenvalue weighted by Gasteiger charge is 2.33. The number of pyridine rings is 1. The SMILES string of the molecule is O=C(c1ccc(-n2cccc2)cc1)N(Cc1cccnc1)C1CC1. The van der Waals surface area contributed by atoms with Crippen LogP contribution in [0.15, 0.2) is 73.3 Å². The Morgan fingerprint density at radius 3 is 2.46 bits per heavy atom. The second-order valence-corrected chi connectivity index (χ2v) is 6.16. The highest BCUT2D eigenvalue weighted by atomic mass is 16.2. The first-order valence-corrected chi connectivity index (χ1v) is 8.24. The monoisotopic (exact) mass is 317 g/mol. The molecule has 2 aromatic heterocycles. The van der Waals surface area contributed by atoms with Gasteiger partial charge in [-0.1, -0.05) is 6.07 Å². The van der Waals surface area contributed by atoms with Crippen molar-refractivity contribution < 1.29 is 4.79 Å². The number of aromatic nitrogens is 2. The summed E-state index contributed by atoms with van der Waals surface area (Å²) in [6.07, 6.45) is 9.76. The van der Waals surface area contributed by atoms with Gasteiger partial charge in [-0.3, -0.25) is 9.78 Å². The Morgan fingerprint density at radius 1 is 1.08 bits per heavy atom.